The average Bonchev–Trinajstić information content (AvgIpc) is 2.51. The van der Waals surface area contributed by atoms with Gasteiger partial charge in [-0.1, -0.05) is 22.0 Å². The molecule has 0 aliphatic rings. The highest BCUT2D eigenvalue weighted by Gasteiger charge is 2.05. The maximum Gasteiger partial charge on any atom is 0.0357 e. The lowest BCUT2D eigenvalue weighted by Crippen LogP contribution is -2.03. The summed E-state index contributed by atoms with van der Waals surface area (Å²) in [6.45, 7) is 0.933. The van der Waals surface area contributed by atoms with Gasteiger partial charge in [0.1, 0.15) is 0 Å². The summed E-state index contributed by atoms with van der Waals surface area (Å²) in [6, 6.07) is 6.32. The molecule has 0 saturated carbocycles. The molecule has 1 heterocycles. The van der Waals surface area contributed by atoms with Crippen molar-refractivity contribution in [3.05, 3.63) is 33.6 Å². The predicted molar refractivity (Wildman–Crippen MR) is 62.3 cm³/mol. The number of halogens is 1. The zero-order chi connectivity index (χ0) is 9.26. The molecule has 0 amide bonds. The van der Waals surface area contributed by atoms with Crippen molar-refractivity contribution in [1.82, 2.24) is 5.32 Å². The first kappa shape index (κ1) is 9.19. The lowest BCUT2D eigenvalue weighted by molar-refractivity contribution is 0.826. The maximum atomic E-state index is 3.58. The van der Waals surface area contributed by atoms with Crippen molar-refractivity contribution in [3.63, 3.8) is 0 Å². The number of hydrogen-bond donors (Lipinski definition) is 1. The first-order chi connectivity index (χ1) is 6.33. The van der Waals surface area contributed by atoms with Gasteiger partial charge < -0.3 is 5.32 Å². The van der Waals surface area contributed by atoms with Gasteiger partial charge in [-0.05, 0) is 30.1 Å². The number of thiophene rings is 1. The highest BCUT2D eigenvalue weighted by Crippen LogP contribution is 2.31. The van der Waals surface area contributed by atoms with Gasteiger partial charge in [-0.3, -0.25) is 0 Å². The van der Waals surface area contributed by atoms with E-state index in [1.165, 1.54) is 20.1 Å². The lowest BCUT2D eigenvalue weighted by atomic mass is 10.2. The van der Waals surface area contributed by atoms with E-state index in [1.807, 2.05) is 7.05 Å². The van der Waals surface area contributed by atoms with Gasteiger partial charge >= 0.3 is 0 Å². The molecule has 0 spiro atoms. The Bertz CT molecular complexity index is 422. The van der Waals surface area contributed by atoms with Gasteiger partial charge in [0, 0.05) is 21.1 Å². The quantitative estimate of drug-likeness (QED) is 0.868. The summed E-state index contributed by atoms with van der Waals surface area (Å²) in [5.41, 5.74) is 1.37. The minimum atomic E-state index is 0.933. The van der Waals surface area contributed by atoms with Crippen LogP contribution in [0.1, 0.15) is 5.56 Å². The number of rotatable bonds is 2. The standard InChI is InChI=1S/C10H10BrNS/c1-12-5-7-6-13-9-4-2-3-8(11)10(7)9/h2-4,6,12H,5H2,1H3. The molecule has 1 aromatic heterocycles. The smallest absolute Gasteiger partial charge is 0.0357 e. The third-order valence-corrected chi connectivity index (χ3v) is 3.65. The molecule has 0 unspecified atom stereocenters. The van der Waals surface area contributed by atoms with Crippen molar-refractivity contribution in [1.29, 1.82) is 0 Å². The number of nitrogens with one attached hydrogen (secondary N) is 1. The minimum absolute atomic E-state index is 0.933. The van der Waals surface area contributed by atoms with Crippen LogP contribution in [0, 0.1) is 0 Å². The molecule has 1 aromatic carbocycles. The fourth-order valence-corrected chi connectivity index (χ4v) is 3.17. The molecule has 68 valence electrons. The number of benzene rings is 1. The maximum absolute atomic E-state index is 3.58. The van der Waals surface area contributed by atoms with Crippen LogP contribution >= 0.6 is 27.3 Å². The number of hydrogen-bond acceptors (Lipinski definition) is 2. The predicted octanol–water partition coefficient (Wildman–Crippen LogP) is 3.38. The Balaban J connectivity index is 2.64. The number of fused-ring (bicyclic) bond motifs is 1. The van der Waals surface area contributed by atoms with E-state index < -0.39 is 0 Å². The van der Waals surface area contributed by atoms with Gasteiger partial charge in [0.25, 0.3) is 0 Å². The fraction of sp³-hybridized carbons (Fsp3) is 0.200. The van der Waals surface area contributed by atoms with E-state index in [0.717, 1.165) is 6.54 Å². The summed E-state index contributed by atoms with van der Waals surface area (Å²) in [5, 5.41) is 6.74. The van der Waals surface area contributed by atoms with Crippen LogP contribution in [0.3, 0.4) is 0 Å². The first-order valence-electron chi connectivity index (χ1n) is 4.12. The zero-order valence-electron chi connectivity index (χ0n) is 7.30. The van der Waals surface area contributed by atoms with Crippen molar-refractivity contribution in [2.45, 2.75) is 6.54 Å². The largest absolute Gasteiger partial charge is 0.316 e. The summed E-state index contributed by atoms with van der Waals surface area (Å²) in [5.74, 6) is 0. The van der Waals surface area contributed by atoms with E-state index in [1.54, 1.807) is 11.3 Å². The second-order valence-corrected chi connectivity index (χ2v) is 4.67. The summed E-state index contributed by atoms with van der Waals surface area (Å²) < 4.78 is 2.54. The molecular weight excluding hydrogens is 246 g/mol. The Morgan fingerprint density at radius 1 is 1.46 bits per heavy atom. The summed E-state index contributed by atoms with van der Waals surface area (Å²) >= 11 is 5.37. The second kappa shape index (κ2) is 3.78. The topological polar surface area (TPSA) is 12.0 Å². The van der Waals surface area contributed by atoms with Crippen LogP contribution in [0.15, 0.2) is 28.1 Å². The monoisotopic (exact) mass is 255 g/mol. The Hall–Kier alpha value is -0.380. The Kier molecular flexibility index (Phi) is 2.67. The van der Waals surface area contributed by atoms with E-state index in [2.05, 4.69) is 44.8 Å². The highest BCUT2D eigenvalue weighted by molar-refractivity contribution is 9.10. The van der Waals surface area contributed by atoms with Crippen molar-refractivity contribution in [3.8, 4) is 0 Å². The first-order valence-corrected chi connectivity index (χ1v) is 5.79. The average molecular weight is 256 g/mol. The normalized spacial score (nSPS) is 10.9. The van der Waals surface area contributed by atoms with E-state index in [0.29, 0.717) is 0 Å². The summed E-state index contributed by atoms with van der Waals surface area (Å²) in [6.07, 6.45) is 0. The zero-order valence-corrected chi connectivity index (χ0v) is 9.71. The highest BCUT2D eigenvalue weighted by atomic mass is 79.9. The van der Waals surface area contributed by atoms with Crippen molar-refractivity contribution in [2.75, 3.05) is 7.05 Å². The van der Waals surface area contributed by atoms with Crippen LogP contribution in [0.4, 0.5) is 0 Å². The molecule has 1 nitrogen and oxygen atoms in total. The Labute approximate surface area is 89.9 Å². The van der Waals surface area contributed by atoms with Gasteiger partial charge in [0.15, 0.2) is 0 Å². The van der Waals surface area contributed by atoms with E-state index in [-0.39, 0.29) is 0 Å². The second-order valence-electron chi connectivity index (χ2n) is 2.90. The molecule has 0 aliphatic carbocycles. The summed E-state index contributed by atoms with van der Waals surface area (Å²) in [4.78, 5) is 0. The Morgan fingerprint density at radius 3 is 3.08 bits per heavy atom. The molecule has 2 aromatic rings. The third kappa shape index (κ3) is 1.64. The van der Waals surface area contributed by atoms with Gasteiger partial charge in [-0.15, -0.1) is 11.3 Å². The van der Waals surface area contributed by atoms with Gasteiger partial charge in [0.05, 0.1) is 0 Å². The third-order valence-electron chi connectivity index (χ3n) is 1.99. The lowest BCUT2D eigenvalue weighted by Gasteiger charge is -1.99. The molecule has 1 N–H and O–H groups in total. The molecule has 3 heteroatoms. The van der Waals surface area contributed by atoms with Crippen molar-refractivity contribution in [2.24, 2.45) is 0 Å². The van der Waals surface area contributed by atoms with Crippen LogP contribution in [0.25, 0.3) is 10.1 Å². The Morgan fingerprint density at radius 2 is 2.31 bits per heavy atom. The van der Waals surface area contributed by atoms with Crippen LogP contribution < -0.4 is 5.32 Å². The molecule has 0 saturated heterocycles. The van der Waals surface area contributed by atoms with Crippen LogP contribution in [-0.2, 0) is 6.54 Å². The molecule has 0 bridgehead atoms. The minimum Gasteiger partial charge on any atom is -0.316 e. The van der Waals surface area contributed by atoms with Gasteiger partial charge in [-0.2, -0.15) is 0 Å². The molecular formula is C10H10BrNS. The van der Waals surface area contributed by atoms with Crippen LogP contribution in [0.5, 0.6) is 0 Å². The molecule has 0 aliphatic heterocycles. The molecule has 0 fully saturated rings. The van der Waals surface area contributed by atoms with E-state index in [9.17, 15) is 0 Å². The SMILES string of the molecule is CNCc1csc2cccc(Br)c12. The van der Waals surface area contributed by atoms with E-state index in [4.69, 9.17) is 0 Å². The fourth-order valence-electron chi connectivity index (χ4n) is 1.43. The van der Waals surface area contributed by atoms with E-state index >= 15 is 0 Å². The molecule has 2 rings (SSSR count). The molecule has 0 radical (unpaired) electrons. The summed E-state index contributed by atoms with van der Waals surface area (Å²) in [7, 11) is 1.97. The van der Waals surface area contributed by atoms with Crippen LogP contribution in [-0.4, -0.2) is 7.05 Å². The van der Waals surface area contributed by atoms with Crippen molar-refractivity contribution >= 4 is 37.4 Å². The molecule has 0 atom stereocenters. The van der Waals surface area contributed by atoms with Crippen LogP contribution in [0.2, 0.25) is 0 Å². The molecule has 13 heavy (non-hydrogen) atoms. The van der Waals surface area contributed by atoms with Crippen molar-refractivity contribution < 1.29 is 0 Å². The van der Waals surface area contributed by atoms with Gasteiger partial charge in [-0.25, -0.2) is 0 Å². The van der Waals surface area contributed by atoms with Gasteiger partial charge in [0.2, 0.25) is 0 Å².